The van der Waals surface area contributed by atoms with Gasteiger partial charge in [0.1, 0.15) is 0 Å². The lowest BCUT2D eigenvalue weighted by molar-refractivity contribution is 0.373. The lowest BCUT2D eigenvalue weighted by Crippen LogP contribution is -2.35. The average molecular weight is 257 g/mol. The first kappa shape index (κ1) is 10.1. The highest BCUT2D eigenvalue weighted by atomic mass is 16.2. The van der Waals surface area contributed by atoms with Crippen molar-refractivity contribution in [3.63, 3.8) is 0 Å². The topological polar surface area (TPSA) is 48.9 Å². The molecule has 2 heterocycles. The van der Waals surface area contributed by atoms with E-state index >= 15 is 0 Å². The molecule has 5 aliphatic rings. The average Bonchev–Trinajstić information content (AvgIpc) is 3.09. The van der Waals surface area contributed by atoms with Crippen LogP contribution in [0.15, 0.2) is 32.9 Å². The quantitative estimate of drug-likeness (QED) is 0.644. The molecule has 0 spiro atoms. The Bertz CT molecular complexity index is 727. The van der Waals surface area contributed by atoms with Gasteiger partial charge in [0.2, 0.25) is 0 Å². The standard InChI is InChI=1S/C14H15N3O2/c1-15-13(18)16-9-6-10(17(16)14(15)19)12-8-3-2-7(4-5-8)11(9)12/h2-3,7-10H,4-6H2,1H3/t7-,8-,9-,10-/m0/s1. The fourth-order valence-electron chi connectivity index (χ4n) is 4.71. The minimum Gasteiger partial charge on any atom is -0.246 e. The van der Waals surface area contributed by atoms with Crippen LogP contribution >= 0.6 is 0 Å². The summed E-state index contributed by atoms with van der Waals surface area (Å²) < 4.78 is 4.66. The molecule has 0 N–H and O–H groups in total. The summed E-state index contributed by atoms with van der Waals surface area (Å²) in [6.07, 6.45) is 7.95. The molecular formula is C14H15N3O2. The number of fused-ring (bicyclic) bond motifs is 6. The Labute approximate surface area is 109 Å². The molecule has 0 saturated carbocycles. The van der Waals surface area contributed by atoms with Gasteiger partial charge in [-0.15, -0.1) is 0 Å². The van der Waals surface area contributed by atoms with Crippen molar-refractivity contribution in [3.05, 3.63) is 44.3 Å². The predicted molar refractivity (Wildman–Crippen MR) is 69.0 cm³/mol. The molecule has 0 saturated heterocycles. The molecule has 4 aliphatic carbocycles. The summed E-state index contributed by atoms with van der Waals surface area (Å²) in [6.45, 7) is 0. The van der Waals surface area contributed by atoms with Crippen molar-refractivity contribution in [2.24, 2.45) is 18.9 Å². The van der Waals surface area contributed by atoms with Crippen LogP contribution in [-0.2, 0) is 7.05 Å². The molecule has 0 unspecified atom stereocenters. The second-order valence-electron chi connectivity index (χ2n) is 6.17. The molecule has 0 radical (unpaired) electrons. The van der Waals surface area contributed by atoms with E-state index in [4.69, 9.17) is 0 Å². The highest BCUT2D eigenvalue weighted by Gasteiger charge is 2.51. The number of hydrogen-bond acceptors (Lipinski definition) is 2. The van der Waals surface area contributed by atoms with E-state index in [-0.39, 0.29) is 23.5 Å². The molecule has 1 aromatic rings. The third-order valence-corrected chi connectivity index (χ3v) is 5.45. The van der Waals surface area contributed by atoms with Crippen LogP contribution in [0.1, 0.15) is 31.3 Å². The van der Waals surface area contributed by atoms with Crippen LogP contribution in [0.5, 0.6) is 0 Å². The Kier molecular flexibility index (Phi) is 1.52. The van der Waals surface area contributed by atoms with Gasteiger partial charge in [-0.25, -0.2) is 23.5 Å². The van der Waals surface area contributed by atoms with Gasteiger partial charge in [0.15, 0.2) is 0 Å². The zero-order valence-electron chi connectivity index (χ0n) is 10.7. The number of hydrogen-bond donors (Lipinski definition) is 0. The van der Waals surface area contributed by atoms with Gasteiger partial charge in [-0.2, -0.15) is 0 Å². The van der Waals surface area contributed by atoms with Crippen LogP contribution in [0.3, 0.4) is 0 Å². The van der Waals surface area contributed by atoms with E-state index in [1.807, 2.05) is 0 Å². The van der Waals surface area contributed by atoms with Crippen molar-refractivity contribution in [3.8, 4) is 0 Å². The van der Waals surface area contributed by atoms with Crippen LogP contribution in [0.4, 0.5) is 0 Å². The van der Waals surface area contributed by atoms with Crippen LogP contribution in [0.2, 0.25) is 0 Å². The van der Waals surface area contributed by atoms with Crippen molar-refractivity contribution >= 4 is 0 Å². The van der Waals surface area contributed by atoms with Crippen molar-refractivity contribution in [1.82, 2.24) is 13.9 Å². The fourth-order valence-corrected chi connectivity index (χ4v) is 4.71. The lowest BCUT2D eigenvalue weighted by atomic mass is 9.71. The van der Waals surface area contributed by atoms with Gasteiger partial charge in [-0.1, -0.05) is 12.2 Å². The molecule has 1 aliphatic heterocycles. The second kappa shape index (κ2) is 2.86. The summed E-state index contributed by atoms with van der Waals surface area (Å²) >= 11 is 0. The van der Waals surface area contributed by atoms with Crippen molar-refractivity contribution < 1.29 is 0 Å². The Morgan fingerprint density at radius 1 is 0.947 bits per heavy atom. The molecular weight excluding hydrogens is 242 g/mol. The van der Waals surface area contributed by atoms with E-state index in [9.17, 15) is 9.59 Å². The molecule has 0 amide bonds. The Hall–Kier alpha value is -1.78. The van der Waals surface area contributed by atoms with Crippen LogP contribution in [0.25, 0.3) is 0 Å². The van der Waals surface area contributed by atoms with Gasteiger partial charge >= 0.3 is 11.4 Å². The summed E-state index contributed by atoms with van der Waals surface area (Å²) in [4.78, 5) is 24.4. The summed E-state index contributed by atoms with van der Waals surface area (Å²) in [5, 5.41) is 0. The first-order chi connectivity index (χ1) is 9.18. The second-order valence-corrected chi connectivity index (χ2v) is 6.17. The van der Waals surface area contributed by atoms with Crippen LogP contribution in [0, 0.1) is 11.8 Å². The van der Waals surface area contributed by atoms with Gasteiger partial charge in [0, 0.05) is 25.3 Å². The van der Waals surface area contributed by atoms with Gasteiger partial charge in [-0.3, -0.25) is 0 Å². The van der Waals surface area contributed by atoms with Gasteiger partial charge in [-0.05, 0) is 24.0 Å². The Balaban J connectivity index is 1.82. The highest BCUT2D eigenvalue weighted by molar-refractivity contribution is 5.44. The predicted octanol–water partition coefficient (Wildman–Crippen LogP) is 0.741. The Morgan fingerprint density at radius 2 is 1.42 bits per heavy atom. The van der Waals surface area contributed by atoms with Crippen molar-refractivity contribution in [2.45, 2.75) is 31.3 Å². The molecule has 4 atom stereocenters. The van der Waals surface area contributed by atoms with E-state index in [1.165, 1.54) is 28.6 Å². The molecule has 4 bridgehead atoms. The number of rotatable bonds is 0. The smallest absolute Gasteiger partial charge is 0.246 e. The number of aromatic nitrogens is 3. The maximum atomic E-state index is 12.2. The van der Waals surface area contributed by atoms with E-state index in [1.54, 1.807) is 16.4 Å². The minimum absolute atomic E-state index is 0.138. The fraction of sp³-hybridized carbons (Fsp3) is 0.571. The zero-order chi connectivity index (χ0) is 12.9. The third-order valence-electron chi connectivity index (χ3n) is 5.45. The first-order valence-electron chi connectivity index (χ1n) is 7.00. The highest BCUT2D eigenvalue weighted by Crippen LogP contribution is 2.58. The molecule has 5 nitrogen and oxygen atoms in total. The molecule has 6 rings (SSSR count). The molecule has 1 aromatic heterocycles. The third kappa shape index (κ3) is 0.904. The summed E-state index contributed by atoms with van der Waals surface area (Å²) in [6, 6.07) is 0.276. The SMILES string of the molecule is Cn1c(=O)n2n(c1=O)[C@H]1C[C@H]2C2=C1[C@H]1C=C[C@H]2CC1. The van der Waals surface area contributed by atoms with Gasteiger partial charge in [0.05, 0.1) is 12.1 Å². The maximum Gasteiger partial charge on any atom is 0.347 e. The number of allylic oxidation sites excluding steroid dienone is 4. The Morgan fingerprint density at radius 3 is 1.84 bits per heavy atom. The van der Waals surface area contributed by atoms with Crippen LogP contribution < -0.4 is 11.4 Å². The normalized spacial score (nSPS) is 37.1. The monoisotopic (exact) mass is 257 g/mol. The first-order valence-corrected chi connectivity index (χ1v) is 7.00. The van der Waals surface area contributed by atoms with E-state index < -0.39 is 0 Å². The van der Waals surface area contributed by atoms with Crippen molar-refractivity contribution in [2.75, 3.05) is 0 Å². The summed E-state index contributed by atoms with van der Waals surface area (Å²) in [5.74, 6) is 1.01. The van der Waals surface area contributed by atoms with E-state index in [0.29, 0.717) is 11.8 Å². The van der Waals surface area contributed by atoms with Gasteiger partial charge < -0.3 is 0 Å². The summed E-state index contributed by atoms with van der Waals surface area (Å²) in [7, 11) is 1.58. The molecule has 0 fully saturated rings. The van der Waals surface area contributed by atoms with Crippen LogP contribution in [-0.4, -0.2) is 13.9 Å². The van der Waals surface area contributed by atoms with E-state index in [0.717, 1.165) is 6.42 Å². The zero-order valence-corrected chi connectivity index (χ0v) is 10.7. The molecule has 19 heavy (non-hydrogen) atoms. The van der Waals surface area contributed by atoms with E-state index in [2.05, 4.69) is 12.2 Å². The van der Waals surface area contributed by atoms with Gasteiger partial charge in [0.25, 0.3) is 0 Å². The lowest BCUT2D eigenvalue weighted by Gasteiger charge is -2.38. The number of nitrogens with zero attached hydrogens (tertiary/aromatic N) is 3. The molecule has 5 heteroatoms. The van der Waals surface area contributed by atoms with Crippen molar-refractivity contribution in [1.29, 1.82) is 0 Å². The largest absolute Gasteiger partial charge is 0.347 e. The molecule has 98 valence electrons. The maximum absolute atomic E-state index is 12.2. The molecule has 0 aromatic carbocycles. The minimum atomic E-state index is -0.158. The summed E-state index contributed by atoms with van der Waals surface area (Å²) in [5.41, 5.74) is 2.59.